The van der Waals surface area contributed by atoms with Crippen LogP contribution in [0.4, 0.5) is 0 Å². The van der Waals surface area contributed by atoms with Crippen LogP contribution >= 0.6 is 11.3 Å². The molecule has 0 radical (unpaired) electrons. The van der Waals surface area contributed by atoms with Gasteiger partial charge in [-0.2, -0.15) is 0 Å². The van der Waals surface area contributed by atoms with E-state index in [1.165, 1.54) is 6.42 Å². The SMILES string of the molecule is c1csc(CNCCCOCC2CCCO2)n1. The van der Waals surface area contributed by atoms with Gasteiger partial charge in [-0.1, -0.05) is 0 Å². The molecule has 1 atom stereocenters. The van der Waals surface area contributed by atoms with Crippen LogP contribution in [0.15, 0.2) is 11.6 Å². The maximum Gasteiger partial charge on any atom is 0.106 e. The van der Waals surface area contributed by atoms with Crippen LogP contribution in [0, 0.1) is 0 Å². The highest BCUT2D eigenvalue weighted by molar-refractivity contribution is 7.09. The van der Waals surface area contributed by atoms with Gasteiger partial charge in [0.25, 0.3) is 0 Å². The second-order valence-electron chi connectivity index (χ2n) is 4.17. The van der Waals surface area contributed by atoms with E-state index in [0.29, 0.717) is 6.10 Å². The Balaban J connectivity index is 1.39. The van der Waals surface area contributed by atoms with Crippen LogP contribution in [0.3, 0.4) is 0 Å². The third kappa shape index (κ3) is 5.12. The Kier molecular flexibility index (Phi) is 5.92. The Morgan fingerprint density at radius 3 is 3.35 bits per heavy atom. The first-order valence-electron chi connectivity index (χ1n) is 6.23. The predicted molar refractivity (Wildman–Crippen MR) is 68.2 cm³/mol. The summed E-state index contributed by atoms with van der Waals surface area (Å²) in [6, 6.07) is 0. The number of ether oxygens (including phenoxy) is 2. The van der Waals surface area contributed by atoms with Crippen molar-refractivity contribution in [3.8, 4) is 0 Å². The summed E-state index contributed by atoms with van der Waals surface area (Å²) >= 11 is 1.69. The third-order valence-corrected chi connectivity index (χ3v) is 3.51. The van der Waals surface area contributed by atoms with Gasteiger partial charge in [0.1, 0.15) is 5.01 Å². The topological polar surface area (TPSA) is 43.4 Å². The van der Waals surface area contributed by atoms with Crippen molar-refractivity contribution < 1.29 is 9.47 Å². The fourth-order valence-corrected chi connectivity index (χ4v) is 2.41. The van der Waals surface area contributed by atoms with Gasteiger partial charge in [-0.15, -0.1) is 11.3 Å². The smallest absolute Gasteiger partial charge is 0.106 e. The molecule has 2 heterocycles. The third-order valence-electron chi connectivity index (χ3n) is 2.73. The van der Waals surface area contributed by atoms with E-state index in [1.54, 1.807) is 11.3 Å². The van der Waals surface area contributed by atoms with Gasteiger partial charge in [-0.25, -0.2) is 4.98 Å². The minimum absolute atomic E-state index is 0.346. The van der Waals surface area contributed by atoms with E-state index < -0.39 is 0 Å². The number of hydrogen-bond acceptors (Lipinski definition) is 5. The normalized spacial score (nSPS) is 19.9. The van der Waals surface area contributed by atoms with Crippen molar-refractivity contribution in [2.75, 3.05) is 26.4 Å². The zero-order valence-electron chi connectivity index (χ0n) is 10.1. The molecule has 1 aromatic rings. The molecule has 1 unspecified atom stereocenters. The van der Waals surface area contributed by atoms with Gasteiger partial charge >= 0.3 is 0 Å². The Labute approximate surface area is 106 Å². The predicted octanol–water partition coefficient (Wildman–Crippen LogP) is 1.82. The lowest BCUT2D eigenvalue weighted by Gasteiger charge is -2.09. The molecule has 0 bridgehead atoms. The monoisotopic (exact) mass is 256 g/mol. The average molecular weight is 256 g/mol. The molecule has 4 nitrogen and oxygen atoms in total. The molecule has 5 heteroatoms. The number of aromatic nitrogens is 1. The van der Waals surface area contributed by atoms with Crippen molar-refractivity contribution in [3.05, 3.63) is 16.6 Å². The molecule has 1 N–H and O–H groups in total. The van der Waals surface area contributed by atoms with E-state index in [9.17, 15) is 0 Å². The van der Waals surface area contributed by atoms with Crippen LogP contribution in [-0.2, 0) is 16.0 Å². The molecule has 0 amide bonds. The number of thiazole rings is 1. The lowest BCUT2D eigenvalue weighted by Crippen LogP contribution is -2.18. The summed E-state index contributed by atoms with van der Waals surface area (Å²) in [4.78, 5) is 4.21. The fraction of sp³-hybridized carbons (Fsp3) is 0.750. The standard InChI is InChI=1S/C12H20N2O2S/c1-3-11(16-7-1)10-15-6-2-4-13-9-12-14-5-8-17-12/h5,8,11,13H,1-4,6-7,9-10H2. The van der Waals surface area contributed by atoms with E-state index in [0.717, 1.165) is 50.8 Å². The Bertz CT molecular complexity index is 287. The molecule has 96 valence electrons. The van der Waals surface area contributed by atoms with Crippen molar-refractivity contribution in [1.82, 2.24) is 10.3 Å². The molecule has 2 rings (SSSR count). The molecule has 1 aliphatic heterocycles. The highest BCUT2D eigenvalue weighted by Gasteiger charge is 2.14. The van der Waals surface area contributed by atoms with Crippen molar-refractivity contribution in [2.24, 2.45) is 0 Å². The average Bonchev–Trinajstić information content (AvgIpc) is 3.00. The first-order chi connectivity index (χ1) is 8.45. The zero-order valence-corrected chi connectivity index (χ0v) is 10.9. The zero-order chi connectivity index (χ0) is 11.8. The Morgan fingerprint density at radius 1 is 1.59 bits per heavy atom. The first-order valence-corrected chi connectivity index (χ1v) is 7.11. The van der Waals surface area contributed by atoms with Crippen LogP contribution in [0.2, 0.25) is 0 Å². The minimum atomic E-state index is 0.346. The van der Waals surface area contributed by atoms with Crippen LogP contribution in [-0.4, -0.2) is 37.5 Å². The highest BCUT2D eigenvalue weighted by atomic mass is 32.1. The summed E-state index contributed by atoms with van der Waals surface area (Å²) < 4.78 is 11.1. The molecule has 1 saturated heterocycles. The van der Waals surface area contributed by atoms with E-state index in [4.69, 9.17) is 9.47 Å². The number of rotatable bonds is 8. The van der Waals surface area contributed by atoms with Gasteiger partial charge in [-0.3, -0.25) is 0 Å². The van der Waals surface area contributed by atoms with Crippen LogP contribution in [0.25, 0.3) is 0 Å². The molecule has 1 aliphatic rings. The summed E-state index contributed by atoms with van der Waals surface area (Å²) in [5.74, 6) is 0. The lowest BCUT2D eigenvalue weighted by molar-refractivity contribution is 0.0166. The van der Waals surface area contributed by atoms with Crippen molar-refractivity contribution in [2.45, 2.75) is 31.9 Å². The summed E-state index contributed by atoms with van der Waals surface area (Å²) in [6.07, 6.45) is 5.56. The van der Waals surface area contributed by atoms with Crippen molar-refractivity contribution >= 4 is 11.3 Å². The molecule has 1 aromatic heterocycles. The lowest BCUT2D eigenvalue weighted by atomic mass is 10.2. The highest BCUT2D eigenvalue weighted by Crippen LogP contribution is 2.11. The number of hydrogen-bond donors (Lipinski definition) is 1. The van der Waals surface area contributed by atoms with Gasteiger partial charge in [0.15, 0.2) is 0 Å². The second-order valence-corrected chi connectivity index (χ2v) is 5.15. The first kappa shape index (κ1) is 13.0. The van der Waals surface area contributed by atoms with Gasteiger partial charge in [0.2, 0.25) is 0 Å². The molecule has 17 heavy (non-hydrogen) atoms. The largest absolute Gasteiger partial charge is 0.379 e. The van der Waals surface area contributed by atoms with Crippen LogP contribution in [0.5, 0.6) is 0 Å². The van der Waals surface area contributed by atoms with E-state index >= 15 is 0 Å². The Morgan fingerprint density at radius 2 is 2.59 bits per heavy atom. The van der Waals surface area contributed by atoms with Gasteiger partial charge in [-0.05, 0) is 25.8 Å². The molecule has 0 spiro atoms. The molecule has 0 aliphatic carbocycles. The van der Waals surface area contributed by atoms with Crippen LogP contribution < -0.4 is 5.32 Å². The maximum atomic E-state index is 5.58. The molecule has 0 aromatic carbocycles. The molecule has 1 fully saturated rings. The second kappa shape index (κ2) is 7.76. The van der Waals surface area contributed by atoms with Gasteiger partial charge in [0.05, 0.1) is 12.7 Å². The summed E-state index contributed by atoms with van der Waals surface area (Å²) in [5.41, 5.74) is 0. The fourth-order valence-electron chi connectivity index (χ4n) is 1.83. The molecular weight excluding hydrogens is 236 g/mol. The Hall–Kier alpha value is -0.490. The number of nitrogens with one attached hydrogen (secondary N) is 1. The summed E-state index contributed by atoms with van der Waals surface area (Å²) in [5, 5.41) is 6.50. The van der Waals surface area contributed by atoms with Crippen LogP contribution in [0.1, 0.15) is 24.3 Å². The minimum Gasteiger partial charge on any atom is -0.379 e. The van der Waals surface area contributed by atoms with Crippen molar-refractivity contribution in [3.63, 3.8) is 0 Å². The summed E-state index contributed by atoms with van der Waals surface area (Å²) in [7, 11) is 0. The maximum absolute atomic E-state index is 5.58. The van der Waals surface area contributed by atoms with Crippen molar-refractivity contribution in [1.29, 1.82) is 0 Å². The molecular formula is C12H20N2O2S. The van der Waals surface area contributed by atoms with E-state index in [-0.39, 0.29) is 0 Å². The summed E-state index contributed by atoms with van der Waals surface area (Å²) in [6.45, 7) is 4.31. The van der Waals surface area contributed by atoms with E-state index in [2.05, 4.69) is 10.3 Å². The number of nitrogens with zero attached hydrogens (tertiary/aromatic N) is 1. The van der Waals surface area contributed by atoms with Gasteiger partial charge in [0, 0.05) is 31.3 Å². The quantitative estimate of drug-likeness (QED) is 0.721. The van der Waals surface area contributed by atoms with E-state index in [1.807, 2.05) is 11.6 Å². The van der Waals surface area contributed by atoms with Gasteiger partial charge < -0.3 is 14.8 Å². The molecule has 0 saturated carbocycles.